The van der Waals surface area contributed by atoms with Crippen molar-refractivity contribution in [2.24, 2.45) is 11.3 Å². The summed E-state index contributed by atoms with van der Waals surface area (Å²) in [5.74, 6) is 0.630. The summed E-state index contributed by atoms with van der Waals surface area (Å²) < 4.78 is 0. The van der Waals surface area contributed by atoms with E-state index >= 15 is 0 Å². The van der Waals surface area contributed by atoms with Crippen LogP contribution in [0.4, 0.5) is 0 Å². The Morgan fingerprint density at radius 2 is 1.89 bits per heavy atom. The Labute approximate surface area is 116 Å². The highest BCUT2D eigenvalue weighted by atomic mass is 16.3. The molecule has 0 aromatic heterocycles. The topological polar surface area (TPSA) is 56.0 Å². The van der Waals surface area contributed by atoms with E-state index < -0.39 is 11.0 Å². The third-order valence-electron chi connectivity index (χ3n) is 6.04. The highest BCUT2D eigenvalue weighted by Crippen LogP contribution is 2.53. The maximum Gasteiger partial charge on any atom is 0.0864 e. The molecule has 2 N–H and O–H groups in total. The molecule has 1 aliphatic carbocycles. The predicted molar refractivity (Wildman–Crippen MR) is 74.4 cm³/mol. The fourth-order valence-electron chi connectivity index (χ4n) is 4.88. The maximum atomic E-state index is 11.3. The van der Waals surface area contributed by atoms with Crippen molar-refractivity contribution in [3.8, 4) is 6.07 Å². The SMILES string of the molecule is CCC1CCCC(C#N)(C2(O)CC3CCC(C2)N3)C1. The Morgan fingerprint density at radius 1 is 1.21 bits per heavy atom. The zero-order valence-electron chi connectivity index (χ0n) is 12.0. The van der Waals surface area contributed by atoms with Crippen molar-refractivity contribution in [3.05, 3.63) is 0 Å². The van der Waals surface area contributed by atoms with E-state index in [0.29, 0.717) is 18.0 Å². The van der Waals surface area contributed by atoms with Crippen LogP contribution < -0.4 is 5.32 Å². The molecule has 3 heteroatoms. The van der Waals surface area contributed by atoms with Crippen LogP contribution in [0.5, 0.6) is 0 Å². The Kier molecular flexibility index (Phi) is 3.35. The molecule has 0 aromatic carbocycles. The molecule has 3 nitrogen and oxygen atoms in total. The van der Waals surface area contributed by atoms with E-state index in [2.05, 4.69) is 18.3 Å². The van der Waals surface area contributed by atoms with Gasteiger partial charge in [0.1, 0.15) is 0 Å². The molecule has 0 amide bonds. The van der Waals surface area contributed by atoms with Crippen LogP contribution in [0.1, 0.15) is 64.7 Å². The molecule has 2 heterocycles. The van der Waals surface area contributed by atoms with Crippen molar-refractivity contribution in [3.63, 3.8) is 0 Å². The third-order valence-corrected chi connectivity index (χ3v) is 6.04. The smallest absolute Gasteiger partial charge is 0.0864 e. The second kappa shape index (κ2) is 4.75. The lowest BCUT2D eigenvalue weighted by molar-refractivity contribution is -0.111. The van der Waals surface area contributed by atoms with Crippen LogP contribution in [-0.4, -0.2) is 22.8 Å². The number of nitrogens with zero attached hydrogens (tertiary/aromatic N) is 1. The molecule has 3 rings (SSSR count). The van der Waals surface area contributed by atoms with Gasteiger partial charge in [-0.2, -0.15) is 5.26 Å². The summed E-state index contributed by atoms with van der Waals surface area (Å²) in [7, 11) is 0. The number of nitrogens with one attached hydrogen (secondary N) is 1. The molecule has 0 radical (unpaired) electrons. The molecular formula is C16H26N2O. The molecular weight excluding hydrogens is 236 g/mol. The van der Waals surface area contributed by atoms with E-state index in [9.17, 15) is 10.4 Å². The van der Waals surface area contributed by atoms with Crippen LogP contribution in [0.15, 0.2) is 0 Å². The largest absolute Gasteiger partial charge is 0.388 e. The molecule has 3 aliphatic rings. The quantitative estimate of drug-likeness (QED) is 0.804. The molecule has 2 aliphatic heterocycles. The first-order chi connectivity index (χ1) is 9.11. The van der Waals surface area contributed by atoms with Gasteiger partial charge in [0.25, 0.3) is 0 Å². The van der Waals surface area contributed by atoms with Gasteiger partial charge in [-0.05, 0) is 44.4 Å². The second-order valence-electron chi connectivity index (χ2n) is 7.14. The lowest BCUT2D eigenvalue weighted by Crippen LogP contribution is -2.58. The minimum Gasteiger partial charge on any atom is -0.388 e. The van der Waals surface area contributed by atoms with Gasteiger partial charge in [0, 0.05) is 12.1 Å². The zero-order valence-corrected chi connectivity index (χ0v) is 12.0. The van der Waals surface area contributed by atoms with Crippen LogP contribution in [0.2, 0.25) is 0 Å². The Bertz CT molecular complexity index is 377. The molecule has 0 spiro atoms. The van der Waals surface area contributed by atoms with Gasteiger partial charge in [-0.1, -0.05) is 26.2 Å². The second-order valence-corrected chi connectivity index (χ2v) is 7.14. The minimum atomic E-state index is -0.743. The van der Waals surface area contributed by atoms with E-state index in [0.717, 1.165) is 38.5 Å². The van der Waals surface area contributed by atoms with Crippen LogP contribution in [0.25, 0.3) is 0 Å². The molecule has 106 valence electrons. The van der Waals surface area contributed by atoms with Crippen molar-refractivity contribution in [2.45, 2.75) is 82.4 Å². The van der Waals surface area contributed by atoms with Crippen LogP contribution in [0.3, 0.4) is 0 Å². The van der Waals surface area contributed by atoms with Crippen LogP contribution in [-0.2, 0) is 0 Å². The van der Waals surface area contributed by atoms with E-state index in [-0.39, 0.29) is 0 Å². The molecule has 0 aromatic rings. The van der Waals surface area contributed by atoms with Crippen molar-refractivity contribution in [2.75, 3.05) is 0 Å². The number of rotatable bonds is 2. The summed E-state index contributed by atoms with van der Waals surface area (Å²) in [6.07, 6.45) is 9.22. The monoisotopic (exact) mass is 262 g/mol. The normalized spacial score (nSPS) is 49.8. The number of nitriles is 1. The predicted octanol–water partition coefficient (Wildman–Crippen LogP) is 2.74. The van der Waals surface area contributed by atoms with Gasteiger partial charge in [-0.3, -0.25) is 0 Å². The Morgan fingerprint density at radius 3 is 2.47 bits per heavy atom. The first kappa shape index (κ1) is 13.4. The van der Waals surface area contributed by atoms with Gasteiger partial charge in [0.15, 0.2) is 0 Å². The molecule has 1 saturated carbocycles. The summed E-state index contributed by atoms with van der Waals surface area (Å²) in [5.41, 5.74) is -1.22. The zero-order chi connectivity index (χ0) is 13.5. The lowest BCUT2D eigenvalue weighted by Gasteiger charge is -2.50. The highest BCUT2D eigenvalue weighted by Gasteiger charge is 2.57. The van der Waals surface area contributed by atoms with Crippen LogP contribution >= 0.6 is 0 Å². The van der Waals surface area contributed by atoms with E-state index in [4.69, 9.17) is 0 Å². The Hall–Kier alpha value is -0.590. The third kappa shape index (κ3) is 2.10. The first-order valence-corrected chi connectivity index (χ1v) is 8.00. The van der Waals surface area contributed by atoms with Crippen molar-refractivity contribution < 1.29 is 5.11 Å². The van der Waals surface area contributed by atoms with Crippen molar-refractivity contribution in [1.29, 1.82) is 5.26 Å². The van der Waals surface area contributed by atoms with Crippen molar-refractivity contribution in [1.82, 2.24) is 5.32 Å². The molecule has 2 saturated heterocycles. The fraction of sp³-hybridized carbons (Fsp3) is 0.938. The average molecular weight is 262 g/mol. The van der Waals surface area contributed by atoms with Crippen LogP contribution in [0, 0.1) is 22.7 Å². The molecule has 4 atom stereocenters. The number of aliphatic hydroxyl groups is 1. The maximum absolute atomic E-state index is 11.3. The molecule has 2 bridgehead atoms. The van der Waals surface area contributed by atoms with Crippen molar-refractivity contribution >= 4 is 0 Å². The van der Waals surface area contributed by atoms with Gasteiger partial charge in [-0.25, -0.2) is 0 Å². The number of hydrogen-bond acceptors (Lipinski definition) is 3. The van der Waals surface area contributed by atoms with E-state index in [1.54, 1.807) is 0 Å². The number of hydrogen-bond donors (Lipinski definition) is 2. The summed E-state index contributed by atoms with van der Waals surface area (Å²) in [5, 5.41) is 24.7. The lowest BCUT2D eigenvalue weighted by atomic mass is 9.57. The van der Waals surface area contributed by atoms with Gasteiger partial charge in [-0.15, -0.1) is 0 Å². The minimum absolute atomic E-state index is 0.441. The Balaban J connectivity index is 1.86. The summed E-state index contributed by atoms with van der Waals surface area (Å²) in [4.78, 5) is 0. The van der Waals surface area contributed by atoms with E-state index in [1.165, 1.54) is 19.3 Å². The standard InChI is InChI=1S/C16H26N2O/c1-2-12-4-3-7-15(8-12,11-17)16(19)9-13-5-6-14(10-16)18-13/h12-14,18-19H,2-10H2,1H3. The fourth-order valence-corrected chi connectivity index (χ4v) is 4.88. The highest BCUT2D eigenvalue weighted by molar-refractivity contribution is 5.17. The molecule has 3 fully saturated rings. The van der Waals surface area contributed by atoms with Gasteiger partial charge in [0.2, 0.25) is 0 Å². The summed E-state index contributed by atoms with van der Waals surface area (Å²) in [6.45, 7) is 2.22. The summed E-state index contributed by atoms with van der Waals surface area (Å²) >= 11 is 0. The van der Waals surface area contributed by atoms with E-state index in [1.807, 2.05) is 0 Å². The number of piperidine rings is 1. The summed E-state index contributed by atoms with van der Waals surface area (Å²) in [6, 6.07) is 3.46. The molecule has 4 unspecified atom stereocenters. The average Bonchev–Trinajstić information content (AvgIpc) is 2.78. The first-order valence-electron chi connectivity index (χ1n) is 8.00. The molecule has 19 heavy (non-hydrogen) atoms. The van der Waals surface area contributed by atoms with Gasteiger partial charge < -0.3 is 10.4 Å². The van der Waals surface area contributed by atoms with Gasteiger partial charge in [0.05, 0.1) is 17.1 Å². The van der Waals surface area contributed by atoms with Gasteiger partial charge >= 0.3 is 0 Å². The number of fused-ring (bicyclic) bond motifs is 2.